The summed E-state index contributed by atoms with van der Waals surface area (Å²) in [6.45, 7) is 11.4. The van der Waals surface area contributed by atoms with Crippen LogP contribution in [0.15, 0.2) is 0 Å². The predicted octanol–water partition coefficient (Wildman–Crippen LogP) is 2.34. The van der Waals surface area contributed by atoms with E-state index in [0.717, 1.165) is 0 Å². The molecule has 0 radical (unpaired) electrons. The molecule has 1 fully saturated rings. The highest BCUT2D eigenvalue weighted by atomic mass is 15.2. The molecule has 1 saturated heterocycles. The Hall–Kier alpha value is -0.590. The second kappa shape index (κ2) is 8.55. The summed E-state index contributed by atoms with van der Waals surface area (Å²) in [5, 5.41) is 8.61. The van der Waals surface area contributed by atoms with Crippen LogP contribution in [-0.2, 0) is 0 Å². The van der Waals surface area contributed by atoms with E-state index in [0.29, 0.717) is 18.6 Å². The maximum atomic E-state index is 8.61. The lowest BCUT2D eigenvalue weighted by atomic mass is 10.0. The van der Waals surface area contributed by atoms with Crippen molar-refractivity contribution in [2.45, 2.75) is 52.6 Å². The fraction of sp³-hybridized carbons (Fsp3) is 0.923. The van der Waals surface area contributed by atoms with Gasteiger partial charge < -0.3 is 4.90 Å². The molecule has 0 bridgehead atoms. The highest BCUT2D eigenvalue weighted by molar-refractivity contribution is 4.84. The summed E-state index contributed by atoms with van der Waals surface area (Å²) < 4.78 is 0. The van der Waals surface area contributed by atoms with Crippen LogP contribution in [0.3, 0.4) is 0 Å². The Morgan fingerprint density at radius 1 is 1.31 bits per heavy atom. The first kappa shape index (κ1) is 15.4. The highest BCUT2D eigenvalue weighted by Gasteiger charge is 2.23. The number of rotatable bonds is 3. The topological polar surface area (TPSA) is 30.3 Å². The van der Waals surface area contributed by atoms with Gasteiger partial charge in [-0.25, -0.2) is 0 Å². The third kappa shape index (κ3) is 4.96. The quantitative estimate of drug-likeness (QED) is 0.691. The number of piperidine rings is 1. The zero-order valence-electron chi connectivity index (χ0n) is 11.5. The third-order valence-electron chi connectivity index (χ3n) is 3.17. The Bertz CT molecular complexity index is 200. The molecule has 1 aliphatic heterocycles. The average Bonchev–Trinajstić information content (AvgIpc) is 2.32. The van der Waals surface area contributed by atoms with Crippen LogP contribution >= 0.6 is 0 Å². The Labute approximate surface area is 101 Å². The first-order chi connectivity index (χ1) is 7.65. The van der Waals surface area contributed by atoms with Gasteiger partial charge in [-0.2, -0.15) is 5.26 Å². The molecule has 0 amide bonds. The molecule has 0 aliphatic carbocycles. The minimum Gasteiger partial charge on any atom is -0.301 e. The summed E-state index contributed by atoms with van der Waals surface area (Å²) in [6, 6.07) is 3.49. The van der Waals surface area contributed by atoms with E-state index in [1.165, 1.54) is 25.9 Å². The van der Waals surface area contributed by atoms with Crippen molar-refractivity contribution >= 4 is 0 Å². The lowest BCUT2D eigenvalue weighted by Crippen LogP contribution is -2.45. The average molecular weight is 225 g/mol. The lowest BCUT2D eigenvalue weighted by molar-refractivity contribution is 0.115. The third-order valence-corrected chi connectivity index (χ3v) is 3.17. The smallest absolute Gasteiger partial charge is 0.0865 e. The van der Waals surface area contributed by atoms with E-state index in [1.807, 2.05) is 13.8 Å². The van der Waals surface area contributed by atoms with Crippen LogP contribution in [0.1, 0.15) is 40.5 Å². The van der Waals surface area contributed by atoms with Crippen molar-refractivity contribution in [3.05, 3.63) is 0 Å². The molecule has 94 valence electrons. The largest absolute Gasteiger partial charge is 0.301 e. The van der Waals surface area contributed by atoms with Crippen molar-refractivity contribution in [3.8, 4) is 6.07 Å². The van der Waals surface area contributed by atoms with E-state index in [4.69, 9.17) is 5.26 Å². The van der Waals surface area contributed by atoms with Crippen molar-refractivity contribution in [1.82, 2.24) is 9.80 Å². The molecule has 0 saturated carbocycles. The van der Waals surface area contributed by atoms with Crippen molar-refractivity contribution in [2.24, 2.45) is 0 Å². The highest BCUT2D eigenvalue weighted by Crippen LogP contribution is 2.16. The second-order valence-corrected chi connectivity index (χ2v) is 4.43. The Kier molecular flexibility index (Phi) is 8.23. The van der Waals surface area contributed by atoms with Crippen molar-refractivity contribution in [1.29, 1.82) is 5.26 Å². The Morgan fingerprint density at radius 2 is 1.81 bits per heavy atom. The summed E-state index contributed by atoms with van der Waals surface area (Å²) in [4.78, 5) is 4.69. The van der Waals surface area contributed by atoms with Gasteiger partial charge in [-0.15, -0.1) is 0 Å². The number of nitriles is 1. The molecule has 0 N–H and O–H groups in total. The van der Waals surface area contributed by atoms with Gasteiger partial charge in [0, 0.05) is 12.1 Å². The molecule has 0 unspecified atom stereocenters. The first-order valence-electron chi connectivity index (χ1n) is 6.46. The van der Waals surface area contributed by atoms with Crippen LogP contribution in [0, 0.1) is 11.3 Å². The van der Waals surface area contributed by atoms with E-state index in [9.17, 15) is 0 Å². The SMILES string of the molecule is CC.CC(C)N1CCC(N(C)CC#N)CC1. The second-order valence-electron chi connectivity index (χ2n) is 4.43. The zero-order chi connectivity index (χ0) is 12.6. The molecule has 0 spiro atoms. The lowest BCUT2D eigenvalue weighted by Gasteiger charge is -2.37. The number of likely N-dealkylation sites (tertiary alicyclic amines) is 1. The van der Waals surface area contributed by atoms with Crippen LogP contribution in [0.4, 0.5) is 0 Å². The van der Waals surface area contributed by atoms with E-state index in [1.54, 1.807) is 0 Å². The minimum atomic E-state index is 0.562. The van der Waals surface area contributed by atoms with E-state index in [2.05, 4.69) is 36.8 Å². The first-order valence-corrected chi connectivity index (χ1v) is 6.46. The Morgan fingerprint density at radius 3 is 2.19 bits per heavy atom. The van der Waals surface area contributed by atoms with Gasteiger partial charge in [0.2, 0.25) is 0 Å². The fourth-order valence-corrected chi connectivity index (χ4v) is 2.08. The zero-order valence-corrected chi connectivity index (χ0v) is 11.5. The van der Waals surface area contributed by atoms with Gasteiger partial charge in [0.05, 0.1) is 12.6 Å². The molecule has 3 nitrogen and oxygen atoms in total. The van der Waals surface area contributed by atoms with E-state index >= 15 is 0 Å². The molecule has 3 heteroatoms. The molecule has 0 aromatic carbocycles. The van der Waals surface area contributed by atoms with Gasteiger partial charge in [-0.3, -0.25) is 4.90 Å². The molecular weight excluding hydrogens is 198 g/mol. The standard InChI is InChI=1S/C11H21N3.C2H6/c1-10(2)14-7-4-11(5-8-14)13(3)9-6-12;1-2/h10-11H,4-5,7-9H2,1-3H3;1-2H3. The fourth-order valence-electron chi connectivity index (χ4n) is 2.08. The van der Waals surface area contributed by atoms with Crippen molar-refractivity contribution in [3.63, 3.8) is 0 Å². The van der Waals surface area contributed by atoms with Crippen LogP contribution in [0.2, 0.25) is 0 Å². The Balaban J connectivity index is 0.00000106. The van der Waals surface area contributed by atoms with E-state index in [-0.39, 0.29) is 0 Å². The monoisotopic (exact) mass is 225 g/mol. The van der Waals surface area contributed by atoms with Crippen LogP contribution in [0.25, 0.3) is 0 Å². The van der Waals surface area contributed by atoms with Gasteiger partial charge >= 0.3 is 0 Å². The summed E-state index contributed by atoms with van der Waals surface area (Å²) >= 11 is 0. The molecule has 1 heterocycles. The van der Waals surface area contributed by atoms with Crippen LogP contribution in [-0.4, -0.2) is 48.6 Å². The van der Waals surface area contributed by atoms with Gasteiger partial charge in [0.25, 0.3) is 0 Å². The summed E-state index contributed by atoms with van der Waals surface area (Å²) in [6.07, 6.45) is 2.41. The number of nitrogens with zero attached hydrogens (tertiary/aromatic N) is 3. The maximum absolute atomic E-state index is 8.61. The normalized spacial score (nSPS) is 18.1. The van der Waals surface area contributed by atoms with Crippen LogP contribution in [0.5, 0.6) is 0 Å². The number of hydrogen-bond acceptors (Lipinski definition) is 3. The predicted molar refractivity (Wildman–Crippen MR) is 69.3 cm³/mol. The molecule has 0 aromatic rings. The molecule has 0 atom stereocenters. The summed E-state index contributed by atoms with van der Waals surface area (Å²) in [5.41, 5.74) is 0. The minimum absolute atomic E-state index is 0.562. The molecular formula is C13H27N3. The van der Waals surface area contributed by atoms with Crippen molar-refractivity contribution in [2.75, 3.05) is 26.7 Å². The summed E-state index contributed by atoms with van der Waals surface area (Å²) in [7, 11) is 2.05. The van der Waals surface area contributed by atoms with Gasteiger partial charge in [-0.1, -0.05) is 13.8 Å². The van der Waals surface area contributed by atoms with E-state index < -0.39 is 0 Å². The molecule has 0 aromatic heterocycles. The molecule has 16 heavy (non-hydrogen) atoms. The number of hydrogen-bond donors (Lipinski definition) is 0. The maximum Gasteiger partial charge on any atom is 0.0865 e. The van der Waals surface area contributed by atoms with Gasteiger partial charge in [0.1, 0.15) is 0 Å². The molecule has 1 rings (SSSR count). The summed E-state index contributed by atoms with van der Waals surface area (Å²) in [5.74, 6) is 0. The van der Waals surface area contributed by atoms with Crippen LogP contribution < -0.4 is 0 Å². The molecule has 1 aliphatic rings. The van der Waals surface area contributed by atoms with Gasteiger partial charge in [0.15, 0.2) is 0 Å². The van der Waals surface area contributed by atoms with Crippen molar-refractivity contribution < 1.29 is 0 Å². The van der Waals surface area contributed by atoms with Gasteiger partial charge in [-0.05, 0) is 46.8 Å².